The van der Waals surface area contributed by atoms with Gasteiger partial charge in [-0.3, -0.25) is 4.79 Å². The molecule has 3 atom stereocenters. The summed E-state index contributed by atoms with van der Waals surface area (Å²) in [5.74, 6) is -1.50. The molecule has 2 heterocycles. The fourth-order valence-corrected chi connectivity index (χ4v) is 2.26. The van der Waals surface area contributed by atoms with Crippen molar-refractivity contribution >= 4 is 11.9 Å². The van der Waals surface area contributed by atoms with Crippen molar-refractivity contribution in [2.24, 2.45) is 5.92 Å². The molecule has 6 heteroatoms. The maximum absolute atomic E-state index is 12.0. The third-order valence-corrected chi connectivity index (χ3v) is 3.13. The third kappa shape index (κ3) is 2.03. The lowest BCUT2D eigenvalue weighted by Crippen LogP contribution is -2.43. The summed E-state index contributed by atoms with van der Waals surface area (Å²) in [6, 6.07) is -0.886. The smallest absolute Gasteiger partial charge is 0.326 e. The van der Waals surface area contributed by atoms with Crippen molar-refractivity contribution in [2.75, 3.05) is 19.8 Å². The van der Waals surface area contributed by atoms with E-state index in [0.29, 0.717) is 19.6 Å². The van der Waals surface area contributed by atoms with Crippen LogP contribution in [0, 0.1) is 5.92 Å². The number of carboxylic acids is 1. The predicted octanol–water partition coefficient (Wildman–Crippen LogP) is -0.931. The number of hydrogen-bond acceptors (Lipinski definition) is 4. The van der Waals surface area contributed by atoms with Gasteiger partial charge in [-0.05, 0) is 6.42 Å². The number of hydrogen-bond donors (Lipinski definition) is 2. The second kappa shape index (κ2) is 4.39. The van der Waals surface area contributed by atoms with E-state index >= 15 is 0 Å². The number of rotatable bonds is 2. The first-order valence-corrected chi connectivity index (χ1v) is 5.38. The molecule has 0 aromatic carbocycles. The largest absolute Gasteiger partial charge is 0.480 e. The summed E-state index contributed by atoms with van der Waals surface area (Å²) in [4.78, 5) is 24.2. The maximum Gasteiger partial charge on any atom is 0.326 e. The molecule has 0 radical (unpaired) electrons. The molecule has 90 valence electrons. The summed E-state index contributed by atoms with van der Waals surface area (Å²) in [6.45, 7) is 1.02. The Balaban J connectivity index is 2.06. The van der Waals surface area contributed by atoms with Gasteiger partial charge in [-0.15, -0.1) is 0 Å². The van der Waals surface area contributed by atoms with Gasteiger partial charge in [0.25, 0.3) is 0 Å². The van der Waals surface area contributed by atoms with Gasteiger partial charge in [-0.1, -0.05) is 0 Å². The van der Waals surface area contributed by atoms with Gasteiger partial charge in [0.2, 0.25) is 5.91 Å². The molecule has 2 aliphatic heterocycles. The Morgan fingerprint density at radius 3 is 2.69 bits per heavy atom. The molecule has 2 rings (SSSR count). The Hall–Kier alpha value is -1.14. The highest BCUT2D eigenvalue weighted by molar-refractivity contribution is 5.86. The third-order valence-electron chi connectivity index (χ3n) is 3.13. The first-order chi connectivity index (χ1) is 7.59. The molecule has 2 N–H and O–H groups in total. The quantitative estimate of drug-likeness (QED) is 0.638. The molecule has 0 aromatic rings. The Kier molecular flexibility index (Phi) is 3.11. The minimum Gasteiger partial charge on any atom is -0.480 e. The Labute approximate surface area is 92.8 Å². The zero-order valence-corrected chi connectivity index (χ0v) is 8.83. The average molecular weight is 229 g/mol. The summed E-state index contributed by atoms with van der Waals surface area (Å²) in [6.07, 6.45) is 0.0271. The van der Waals surface area contributed by atoms with Gasteiger partial charge >= 0.3 is 5.97 Å². The topological polar surface area (TPSA) is 87.1 Å². The Bertz CT molecular complexity index is 300. The molecule has 0 aromatic heterocycles. The second-order valence-electron chi connectivity index (χ2n) is 4.29. The predicted molar refractivity (Wildman–Crippen MR) is 52.7 cm³/mol. The fourth-order valence-electron chi connectivity index (χ4n) is 2.26. The molecule has 1 unspecified atom stereocenters. The normalized spacial score (nSPS) is 34.3. The van der Waals surface area contributed by atoms with Crippen molar-refractivity contribution in [2.45, 2.75) is 25.0 Å². The van der Waals surface area contributed by atoms with Crippen molar-refractivity contribution in [1.29, 1.82) is 0 Å². The number of carbonyl (C=O) groups excluding carboxylic acids is 1. The molecule has 1 amide bonds. The number of aliphatic carboxylic acids is 1. The zero-order valence-electron chi connectivity index (χ0n) is 8.83. The second-order valence-corrected chi connectivity index (χ2v) is 4.29. The standard InChI is InChI=1S/C10H15NO5/c12-7-3-8(10(14)15)11(4-7)9(13)6-1-2-16-5-6/h6-8,12H,1-5H2,(H,14,15)/t6?,7-,8-/m1/s1. The lowest BCUT2D eigenvalue weighted by atomic mass is 10.1. The van der Waals surface area contributed by atoms with Gasteiger partial charge in [0.05, 0.1) is 18.6 Å². The van der Waals surface area contributed by atoms with E-state index in [1.165, 1.54) is 4.90 Å². The first kappa shape index (κ1) is 11.3. The first-order valence-electron chi connectivity index (χ1n) is 5.38. The lowest BCUT2D eigenvalue weighted by Gasteiger charge is -2.23. The van der Waals surface area contributed by atoms with Gasteiger partial charge in [0.15, 0.2) is 0 Å². The van der Waals surface area contributed by atoms with Crippen LogP contribution in [-0.2, 0) is 14.3 Å². The minimum atomic E-state index is -1.05. The van der Waals surface area contributed by atoms with Crippen molar-refractivity contribution in [3.05, 3.63) is 0 Å². The molecule has 16 heavy (non-hydrogen) atoms. The highest BCUT2D eigenvalue weighted by atomic mass is 16.5. The molecule has 2 saturated heterocycles. The summed E-state index contributed by atoms with van der Waals surface area (Å²) in [5.41, 5.74) is 0. The number of amides is 1. The number of nitrogens with zero attached hydrogens (tertiary/aromatic N) is 1. The number of aliphatic hydroxyl groups excluding tert-OH is 1. The average Bonchev–Trinajstić information content (AvgIpc) is 2.84. The van der Waals surface area contributed by atoms with Crippen molar-refractivity contribution in [3.8, 4) is 0 Å². The summed E-state index contributed by atoms with van der Waals surface area (Å²) >= 11 is 0. The van der Waals surface area contributed by atoms with E-state index in [1.54, 1.807) is 0 Å². The molecule has 0 bridgehead atoms. The van der Waals surface area contributed by atoms with Crippen LogP contribution in [0.25, 0.3) is 0 Å². The number of carbonyl (C=O) groups is 2. The van der Waals surface area contributed by atoms with E-state index in [9.17, 15) is 14.7 Å². The molecular formula is C10H15NO5. The Morgan fingerprint density at radius 2 is 2.12 bits per heavy atom. The van der Waals surface area contributed by atoms with Crippen LogP contribution in [0.1, 0.15) is 12.8 Å². The van der Waals surface area contributed by atoms with E-state index in [0.717, 1.165) is 0 Å². The van der Waals surface area contributed by atoms with Gasteiger partial charge in [-0.2, -0.15) is 0 Å². The van der Waals surface area contributed by atoms with E-state index < -0.39 is 18.1 Å². The number of carboxylic acid groups (broad SMARTS) is 1. The molecule has 6 nitrogen and oxygen atoms in total. The Morgan fingerprint density at radius 1 is 1.38 bits per heavy atom. The van der Waals surface area contributed by atoms with Crippen molar-refractivity contribution in [1.82, 2.24) is 4.90 Å². The van der Waals surface area contributed by atoms with Crippen molar-refractivity contribution in [3.63, 3.8) is 0 Å². The molecule has 2 aliphatic rings. The van der Waals surface area contributed by atoms with Gasteiger partial charge in [0, 0.05) is 19.6 Å². The molecular weight excluding hydrogens is 214 g/mol. The molecule has 0 aliphatic carbocycles. The van der Waals surface area contributed by atoms with E-state index in [2.05, 4.69) is 0 Å². The van der Waals surface area contributed by atoms with Crippen LogP contribution in [0.5, 0.6) is 0 Å². The minimum absolute atomic E-state index is 0.117. The number of β-amino-alcohol motifs (C(OH)–C–C–N with tert-alkyl or cyclic N) is 1. The van der Waals surface area contributed by atoms with Crippen LogP contribution < -0.4 is 0 Å². The molecule has 0 saturated carbocycles. The van der Waals surface area contributed by atoms with Crippen LogP contribution in [0.4, 0.5) is 0 Å². The summed E-state index contributed by atoms with van der Waals surface area (Å²) in [5, 5.41) is 18.4. The van der Waals surface area contributed by atoms with E-state index in [-0.39, 0.29) is 24.8 Å². The van der Waals surface area contributed by atoms with Gasteiger partial charge < -0.3 is 19.8 Å². The maximum atomic E-state index is 12.0. The van der Waals surface area contributed by atoms with Crippen molar-refractivity contribution < 1.29 is 24.5 Å². The van der Waals surface area contributed by atoms with Gasteiger partial charge in [-0.25, -0.2) is 4.79 Å². The molecule has 0 spiro atoms. The fraction of sp³-hybridized carbons (Fsp3) is 0.800. The van der Waals surface area contributed by atoms with E-state index in [1.807, 2.05) is 0 Å². The lowest BCUT2D eigenvalue weighted by molar-refractivity contribution is -0.149. The van der Waals surface area contributed by atoms with Gasteiger partial charge in [0.1, 0.15) is 6.04 Å². The number of aliphatic hydroxyl groups is 1. The number of likely N-dealkylation sites (tertiary alicyclic amines) is 1. The summed E-state index contributed by atoms with van der Waals surface area (Å²) in [7, 11) is 0. The SMILES string of the molecule is O=C(O)[C@H]1C[C@@H](O)CN1C(=O)C1CCOC1. The monoisotopic (exact) mass is 229 g/mol. The van der Waals surface area contributed by atoms with Crippen LogP contribution >= 0.6 is 0 Å². The van der Waals surface area contributed by atoms with Crippen LogP contribution in [-0.4, -0.2) is 58.9 Å². The van der Waals surface area contributed by atoms with Crippen LogP contribution in [0.2, 0.25) is 0 Å². The highest BCUT2D eigenvalue weighted by Crippen LogP contribution is 2.23. The number of ether oxygens (including phenoxy) is 1. The highest BCUT2D eigenvalue weighted by Gasteiger charge is 2.41. The van der Waals surface area contributed by atoms with Crippen LogP contribution in [0.15, 0.2) is 0 Å². The van der Waals surface area contributed by atoms with Crippen LogP contribution in [0.3, 0.4) is 0 Å². The zero-order chi connectivity index (χ0) is 11.7. The van der Waals surface area contributed by atoms with E-state index in [4.69, 9.17) is 9.84 Å². The summed E-state index contributed by atoms with van der Waals surface area (Å²) < 4.78 is 5.10. The molecule has 2 fully saturated rings.